The number of rotatable bonds is 6. The Morgan fingerprint density at radius 3 is 2.30 bits per heavy atom. The molecule has 0 unspecified atom stereocenters. The van der Waals surface area contributed by atoms with Gasteiger partial charge in [-0.3, -0.25) is 9.59 Å². The van der Waals surface area contributed by atoms with Crippen molar-refractivity contribution in [2.75, 3.05) is 25.0 Å². The lowest BCUT2D eigenvalue weighted by atomic mass is 10.0. The highest BCUT2D eigenvalue weighted by molar-refractivity contribution is 9.10. The monoisotopic (exact) mass is 472 g/mol. The van der Waals surface area contributed by atoms with Crippen LogP contribution in [0.15, 0.2) is 59.1 Å². The zero-order valence-electron chi connectivity index (χ0n) is 16.6. The number of carbonyl (C=O) groups excluding carboxylic acids is 3. The number of nitrogens with zero attached hydrogens (tertiary/aromatic N) is 1. The van der Waals surface area contributed by atoms with Crippen LogP contribution >= 0.6 is 15.9 Å². The predicted octanol–water partition coefficient (Wildman–Crippen LogP) is 3.38. The zero-order chi connectivity index (χ0) is 21.3. The van der Waals surface area contributed by atoms with Gasteiger partial charge in [0.1, 0.15) is 0 Å². The highest BCUT2D eigenvalue weighted by atomic mass is 79.9. The molecule has 1 aliphatic rings. The van der Waals surface area contributed by atoms with Gasteiger partial charge in [-0.2, -0.15) is 0 Å². The number of hydrogen-bond acceptors (Lipinski definition) is 3. The minimum absolute atomic E-state index is 0.0123. The summed E-state index contributed by atoms with van der Waals surface area (Å²) in [4.78, 5) is 38.4. The molecule has 30 heavy (non-hydrogen) atoms. The van der Waals surface area contributed by atoms with Crippen LogP contribution in [0.25, 0.3) is 0 Å². The third-order valence-corrected chi connectivity index (χ3v) is 5.47. The van der Waals surface area contributed by atoms with Crippen LogP contribution in [0.4, 0.5) is 10.5 Å². The molecule has 0 aliphatic carbocycles. The van der Waals surface area contributed by atoms with Crippen molar-refractivity contribution in [2.24, 2.45) is 0 Å². The highest BCUT2D eigenvalue weighted by Gasteiger charge is 2.23. The molecule has 0 radical (unpaired) electrons. The molecule has 8 heteroatoms. The van der Waals surface area contributed by atoms with Crippen LogP contribution in [0, 0.1) is 0 Å². The maximum Gasteiger partial charge on any atom is 0.319 e. The van der Waals surface area contributed by atoms with Gasteiger partial charge in [0, 0.05) is 47.8 Å². The van der Waals surface area contributed by atoms with Crippen LogP contribution in [-0.4, -0.2) is 48.4 Å². The Morgan fingerprint density at radius 1 is 0.967 bits per heavy atom. The topological polar surface area (TPSA) is 90.5 Å². The second-order valence-corrected chi connectivity index (χ2v) is 8.05. The van der Waals surface area contributed by atoms with E-state index in [9.17, 15) is 14.4 Å². The van der Waals surface area contributed by atoms with Crippen molar-refractivity contribution >= 4 is 39.5 Å². The molecule has 0 atom stereocenters. The second kappa shape index (κ2) is 10.8. The molecule has 2 aromatic rings. The fourth-order valence-corrected chi connectivity index (χ4v) is 3.56. The van der Waals surface area contributed by atoms with Crippen LogP contribution in [0.1, 0.15) is 29.6 Å². The zero-order valence-corrected chi connectivity index (χ0v) is 18.2. The summed E-state index contributed by atoms with van der Waals surface area (Å²) in [7, 11) is 0. The molecule has 1 saturated heterocycles. The number of halogens is 1. The van der Waals surface area contributed by atoms with Gasteiger partial charge >= 0.3 is 6.03 Å². The summed E-state index contributed by atoms with van der Waals surface area (Å²) in [5.74, 6) is -0.180. The Kier molecular flexibility index (Phi) is 7.84. The van der Waals surface area contributed by atoms with Crippen molar-refractivity contribution in [1.82, 2.24) is 15.5 Å². The van der Waals surface area contributed by atoms with E-state index < -0.39 is 0 Å². The lowest BCUT2D eigenvalue weighted by molar-refractivity contribution is -0.132. The molecule has 0 saturated carbocycles. The molecular weight excluding hydrogens is 448 g/mol. The van der Waals surface area contributed by atoms with Gasteiger partial charge in [0.25, 0.3) is 5.91 Å². The number of benzene rings is 2. The van der Waals surface area contributed by atoms with Crippen LogP contribution < -0.4 is 16.0 Å². The first-order valence-electron chi connectivity index (χ1n) is 9.95. The summed E-state index contributed by atoms with van der Waals surface area (Å²) in [5, 5.41) is 8.54. The summed E-state index contributed by atoms with van der Waals surface area (Å²) in [6.45, 7) is 1.48. The average Bonchev–Trinajstić information content (AvgIpc) is 2.75. The van der Waals surface area contributed by atoms with Crippen LogP contribution in [0.3, 0.4) is 0 Å². The van der Waals surface area contributed by atoms with Gasteiger partial charge in [-0.1, -0.05) is 34.1 Å². The third-order valence-electron chi connectivity index (χ3n) is 4.95. The fourth-order valence-electron chi connectivity index (χ4n) is 3.29. The predicted molar refractivity (Wildman–Crippen MR) is 119 cm³/mol. The first-order chi connectivity index (χ1) is 14.5. The second-order valence-electron chi connectivity index (χ2n) is 7.13. The Balaban J connectivity index is 1.34. The number of hydrogen-bond donors (Lipinski definition) is 3. The molecule has 0 spiro atoms. The number of nitrogens with one attached hydrogen (secondary N) is 3. The van der Waals surface area contributed by atoms with Crippen molar-refractivity contribution < 1.29 is 14.4 Å². The minimum atomic E-state index is -0.235. The first kappa shape index (κ1) is 21.8. The molecule has 2 aromatic carbocycles. The van der Waals surface area contributed by atoms with Crippen LogP contribution in [0.2, 0.25) is 0 Å². The van der Waals surface area contributed by atoms with Crippen LogP contribution in [-0.2, 0) is 4.79 Å². The maximum atomic E-state index is 12.4. The Morgan fingerprint density at radius 2 is 1.63 bits per heavy atom. The van der Waals surface area contributed by atoms with E-state index in [0.717, 1.165) is 10.2 Å². The molecule has 3 rings (SSSR count). The molecular formula is C22H25BrN4O3. The molecule has 0 bridgehead atoms. The van der Waals surface area contributed by atoms with Gasteiger partial charge in [-0.05, 0) is 49.2 Å². The first-order valence-corrected chi connectivity index (χ1v) is 10.7. The fraction of sp³-hybridized carbons (Fsp3) is 0.318. The van der Waals surface area contributed by atoms with Gasteiger partial charge in [-0.15, -0.1) is 0 Å². The lowest BCUT2D eigenvalue weighted by Crippen LogP contribution is -2.48. The summed E-state index contributed by atoms with van der Waals surface area (Å²) in [6, 6.07) is 16.1. The average molecular weight is 473 g/mol. The van der Waals surface area contributed by atoms with E-state index in [1.165, 1.54) is 0 Å². The molecule has 7 nitrogen and oxygen atoms in total. The van der Waals surface area contributed by atoms with Gasteiger partial charge in [0.15, 0.2) is 0 Å². The number of anilines is 1. The maximum absolute atomic E-state index is 12.4. The number of amides is 4. The quantitative estimate of drug-likeness (QED) is 0.601. The molecule has 3 N–H and O–H groups in total. The van der Waals surface area contributed by atoms with Gasteiger partial charge in [0.2, 0.25) is 5.91 Å². The summed E-state index contributed by atoms with van der Waals surface area (Å²) < 4.78 is 0.907. The smallest absolute Gasteiger partial charge is 0.319 e. The van der Waals surface area contributed by atoms with Crippen molar-refractivity contribution in [3.8, 4) is 0 Å². The molecule has 1 aliphatic heterocycles. The van der Waals surface area contributed by atoms with Crippen molar-refractivity contribution in [1.29, 1.82) is 0 Å². The Bertz CT molecular complexity index is 866. The van der Waals surface area contributed by atoms with Gasteiger partial charge in [-0.25, -0.2) is 4.79 Å². The van der Waals surface area contributed by atoms with E-state index in [0.29, 0.717) is 38.0 Å². The van der Waals surface area contributed by atoms with E-state index in [2.05, 4.69) is 31.9 Å². The number of urea groups is 1. The molecule has 1 heterocycles. The number of carbonyl (C=O) groups is 3. The highest BCUT2D eigenvalue weighted by Crippen LogP contribution is 2.13. The van der Waals surface area contributed by atoms with Crippen molar-refractivity contribution in [2.45, 2.75) is 25.3 Å². The van der Waals surface area contributed by atoms with Crippen molar-refractivity contribution in [3.05, 3.63) is 64.6 Å². The SMILES string of the molecule is O=C(Nc1ccccc1)NC1CCN(C(=O)CCNC(=O)c2ccc(Br)cc2)CC1. The number of likely N-dealkylation sites (tertiary alicyclic amines) is 1. The van der Waals surface area contributed by atoms with E-state index in [1.807, 2.05) is 30.3 Å². The van der Waals surface area contributed by atoms with E-state index in [-0.39, 0.29) is 30.3 Å². The van der Waals surface area contributed by atoms with Crippen molar-refractivity contribution in [3.63, 3.8) is 0 Å². The minimum Gasteiger partial charge on any atom is -0.352 e. The van der Waals surface area contributed by atoms with Crippen LogP contribution in [0.5, 0.6) is 0 Å². The third kappa shape index (κ3) is 6.59. The van der Waals surface area contributed by atoms with E-state index >= 15 is 0 Å². The van der Waals surface area contributed by atoms with Gasteiger partial charge in [0.05, 0.1) is 0 Å². The van der Waals surface area contributed by atoms with E-state index in [1.54, 1.807) is 29.2 Å². The molecule has 1 fully saturated rings. The number of piperidine rings is 1. The summed E-state index contributed by atoms with van der Waals surface area (Å²) in [5.41, 5.74) is 1.30. The normalized spacial score (nSPS) is 14.1. The summed E-state index contributed by atoms with van der Waals surface area (Å²) in [6.07, 6.45) is 1.67. The summed E-state index contributed by atoms with van der Waals surface area (Å²) >= 11 is 3.33. The molecule has 4 amide bonds. The molecule has 158 valence electrons. The Labute approximate surface area is 184 Å². The standard InChI is InChI=1S/C22H25BrN4O3/c23-17-8-6-16(7-9-17)21(29)24-13-10-20(28)27-14-11-19(12-15-27)26-22(30)25-18-4-2-1-3-5-18/h1-9,19H,10-15H2,(H,24,29)(H2,25,26,30). The molecule has 0 aromatic heterocycles. The van der Waals surface area contributed by atoms with E-state index in [4.69, 9.17) is 0 Å². The number of para-hydroxylation sites is 1. The Hall–Kier alpha value is -2.87. The lowest BCUT2D eigenvalue weighted by Gasteiger charge is -2.32. The largest absolute Gasteiger partial charge is 0.352 e. The van der Waals surface area contributed by atoms with Gasteiger partial charge < -0.3 is 20.9 Å².